The van der Waals surface area contributed by atoms with E-state index in [1.54, 1.807) is 0 Å². The summed E-state index contributed by atoms with van der Waals surface area (Å²) in [6.45, 7) is 2.90. The predicted octanol–water partition coefficient (Wildman–Crippen LogP) is 2.59. The van der Waals surface area contributed by atoms with Crippen molar-refractivity contribution < 1.29 is 8.78 Å². The summed E-state index contributed by atoms with van der Waals surface area (Å²) in [5.41, 5.74) is 0. The summed E-state index contributed by atoms with van der Waals surface area (Å²) < 4.78 is 23.6. The highest BCUT2D eigenvalue weighted by Crippen LogP contribution is 2.12. The molecule has 0 N–H and O–H groups in total. The summed E-state index contributed by atoms with van der Waals surface area (Å²) in [6, 6.07) is 0. The van der Waals surface area contributed by atoms with Crippen molar-refractivity contribution in [2.24, 2.45) is 11.8 Å². The van der Waals surface area contributed by atoms with Crippen LogP contribution < -0.4 is 0 Å². The van der Waals surface area contributed by atoms with E-state index in [2.05, 4.69) is 0 Å². The minimum Gasteiger partial charge on any atom is -0.251 e. The largest absolute Gasteiger partial charge is 0.251 e. The van der Waals surface area contributed by atoms with Gasteiger partial charge < -0.3 is 0 Å². The molecule has 0 aromatic heterocycles. The molecule has 56 valence electrons. The van der Waals surface area contributed by atoms with Crippen LogP contribution in [0.3, 0.4) is 0 Å². The Morgan fingerprint density at radius 1 is 1.11 bits per heavy atom. The third-order valence-corrected chi connectivity index (χ3v) is 1.24. The standard InChI is InChI=1S/C7H14F2/c1-6(2)3-7(4-8)5-9/h6-7H,3-5H2,1-2H3. The monoisotopic (exact) mass is 136 g/mol. The lowest BCUT2D eigenvalue weighted by Crippen LogP contribution is -2.08. The molecule has 0 rings (SSSR count). The second-order valence-corrected chi connectivity index (χ2v) is 2.80. The highest BCUT2D eigenvalue weighted by Gasteiger charge is 2.08. The van der Waals surface area contributed by atoms with Gasteiger partial charge in [-0.15, -0.1) is 0 Å². The zero-order valence-electron chi connectivity index (χ0n) is 6.03. The van der Waals surface area contributed by atoms with E-state index >= 15 is 0 Å². The zero-order valence-corrected chi connectivity index (χ0v) is 6.03. The van der Waals surface area contributed by atoms with Gasteiger partial charge in [-0.2, -0.15) is 0 Å². The van der Waals surface area contributed by atoms with Crippen LogP contribution in [0.5, 0.6) is 0 Å². The number of halogens is 2. The molecule has 0 heterocycles. The fourth-order valence-electron chi connectivity index (χ4n) is 0.834. The first-order valence-corrected chi connectivity index (χ1v) is 3.32. The van der Waals surface area contributed by atoms with Gasteiger partial charge in [-0.05, 0) is 12.3 Å². The van der Waals surface area contributed by atoms with Crippen molar-refractivity contribution in [3.8, 4) is 0 Å². The zero-order chi connectivity index (χ0) is 7.28. The molecule has 0 aliphatic heterocycles. The van der Waals surface area contributed by atoms with E-state index in [9.17, 15) is 8.78 Å². The minimum atomic E-state index is -0.519. The molecule has 0 saturated carbocycles. The smallest absolute Gasteiger partial charge is 0.0947 e. The van der Waals surface area contributed by atoms with E-state index in [4.69, 9.17) is 0 Å². The summed E-state index contributed by atoms with van der Waals surface area (Å²) in [5.74, 6) is 0.0477. The van der Waals surface area contributed by atoms with Gasteiger partial charge in [0, 0.05) is 5.92 Å². The van der Waals surface area contributed by atoms with Crippen molar-refractivity contribution in [2.45, 2.75) is 20.3 Å². The lowest BCUT2D eigenvalue weighted by Gasteiger charge is -2.09. The highest BCUT2D eigenvalue weighted by atomic mass is 19.1. The van der Waals surface area contributed by atoms with E-state index in [1.165, 1.54) is 0 Å². The van der Waals surface area contributed by atoms with E-state index in [-0.39, 0.29) is 5.92 Å². The second-order valence-electron chi connectivity index (χ2n) is 2.80. The highest BCUT2D eigenvalue weighted by molar-refractivity contribution is 4.57. The van der Waals surface area contributed by atoms with Gasteiger partial charge in [0.25, 0.3) is 0 Å². The van der Waals surface area contributed by atoms with Crippen LogP contribution in [0.15, 0.2) is 0 Å². The topological polar surface area (TPSA) is 0 Å². The Labute approximate surface area is 55.3 Å². The predicted molar refractivity (Wildman–Crippen MR) is 34.9 cm³/mol. The molecule has 2 heteroatoms. The Bertz CT molecular complexity index is 57.9. The summed E-state index contributed by atoms with van der Waals surface area (Å²) in [6.07, 6.45) is 0.660. The maximum atomic E-state index is 11.8. The molecule has 9 heavy (non-hydrogen) atoms. The number of hydrogen-bond donors (Lipinski definition) is 0. The first-order valence-electron chi connectivity index (χ1n) is 3.32. The lowest BCUT2D eigenvalue weighted by atomic mass is 10.00. The molecule has 0 bridgehead atoms. The quantitative estimate of drug-likeness (QED) is 0.557. The van der Waals surface area contributed by atoms with Gasteiger partial charge >= 0.3 is 0 Å². The van der Waals surface area contributed by atoms with Gasteiger partial charge in [0.05, 0.1) is 13.3 Å². The van der Waals surface area contributed by atoms with Crippen LogP contribution in [-0.2, 0) is 0 Å². The molecule has 0 amide bonds. The molecule has 0 saturated heterocycles. The second kappa shape index (κ2) is 4.71. The number of hydrogen-bond acceptors (Lipinski definition) is 0. The first kappa shape index (κ1) is 8.86. The minimum absolute atomic E-state index is 0.356. The van der Waals surface area contributed by atoms with E-state index in [0.717, 1.165) is 0 Å². The summed E-state index contributed by atoms with van der Waals surface area (Å²) in [7, 11) is 0. The van der Waals surface area contributed by atoms with Crippen LogP contribution in [0, 0.1) is 11.8 Å². The van der Waals surface area contributed by atoms with Gasteiger partial charge in [0.2, 0.25) is 0 Å². The Hall–Kier alpha value is -0.140. The molecule has 0 spiro atoms. The third-order valence-electron chi connectivity index (χ3n) is 1.24. The molecule has 0 aromatic rings. The van der Waals surface area contributed by atoms with E-state index < -0.39 is 13.3 Å². The third kappa shape index (κ3) is 4.37. The summed E-state index contributed by atoms with van der Waals surface area (Å²) >= 11 is 0. The molecule has 0 fully saturated rings. The van der Waals surface area contributed by atoms with Crippen molar-refractivity contribution in [1.82, 2.24) is 0 Å². The maximum Gasteiger partial charge on any atom is 0.0947 e. The average Bonchev–Trinajstić information content (AvgIpc) is 1.82. The molecule has 0 nitrogen and oxygen atoms in total. The van der Waals surface area contributed by atoms with E-state index in [1.807, 2.05) is 13.8 Å². The lowest BCUT2D eigenvalue weighted by molar-refractivity contribution is 0.254. The van der Waals surface area contributed by atoms with Gasteiger partial charge in [0.15, 0.2) is 0 Å². The van der Waals surface area contributed by atoms with Crippen LogP contribution in [0.1, 0.15) is 20.3 Å². The SMILES string of the molecule is CC(C)CC(CF)CF. The van der Waals surface area contributed by atoms with Gasteiger partial charge in [-0.3, -0.25) is 8.78 Å². The fraction of sp³-hybridized carbons (Fsp3) is 1.00. The van der Waals surface area contributed by atoms with Crippen molar-refractivity contribution in [3.05, 3.63) is 0 Å². The molecule has 0 unspecified atom stereocenters. The van der Waals surface area contributed by atoms with E-state index in [0.29, 0.717) is 12.3 Å². The van der Waals surface area contributed by atoms with Crippen molar-refractivity contribution in [1.29, 1.82) is 0 Å². The van der Waals surface area contributed by atoms with Crippen LogP contribution in [0.4, 0.5) is 8.78 Å². The Kier molecular flexibility index (Phi) is 4.64. The van der Waals surface area contributed by atoms with Crippen LogP contribution in [0.2, 0.25) is 0 Å². The fourth-order valence-corrected chi connectivity index (χ4v) is 0.834. The van der Waals surface area contributed by atoms with Crippen molar-refractivity contribution >= 4 is 0 Å². The Morgan fingerprint density at radius 2 is 1.56 bits per heavy atom. The van der Waals surface area contributed by atoms with Gasteiger partial charge in [-0.25, -0.2) is 0 Å². The molecular formula is C7H14F2. The van der Waals surface area contributed by atoms with Crippen LogP contribution in [-0.4, -0.2) is 13.3 Å². The molecule has 0 atom stereocenters. The first-order chi connectivity index (χ1) is 4.20. The number of rotatable bonds is 4. The summed E-state index contributed by atoms with van der Waals surface area (Å²) in [5, 5.41) is 0. The van der Waals surface area contributed by atoms with Crippen molar-refractivity contribution in [2.75, 3.05) is 13.3 Å². The molecule has 0 aliphatic carbocycles. The summed E-state index contributed by atoms with van der Waals surface area (Å²) in [4.78, 5) is 0. The van der Waals surface area contributed by atoms with Gasteiger partial charge in [0.1, 0.15) is 0 Å². The van der Waals surface area contributed by atoms with Crippen LogP contribution in [0.25, 0.3) is 0 Å². The van der Waals surface area contributed by atoms with Crippen molar-refractivity contribution in [3.63, 3.8) is 0 Å². The Morgan fingerprint density at radius 3 is 1.67 bits per heavy atom. The number of alkyl halides is 2. The normalized spacial score (nSPS) is 11.3. The maximum absolute atomic E-state index is 11.8. The molecule has 0 radical (unpaired) electrons. The van der Waals surface area contributed by atoms with Crippen LogP contribution >= 0.6 is 0 Å². The Balaban J connectivity index is 3.31. The molecule has 0 aromatic carbocycles. The van der Waals surface area contributed by atoms with Gasteiger partial charge in [-0.1, -0.05) is 13.8 Å². The molecule has 0 aliphatic rings. The average molecular weight is 136 g/mol. The molecular weight excluding hydrogens is 122 g/mol.